The summed E-state index contributed by atoms with van der Waals surface area (Å²) in [6, 6.07) is 4.72. The molecule has 2 atom stereocenters. The van der Waals surface area contributed by atoms with Crippen LogP contribution in [0, 0.1) is 12.8 Å². The molecule has 114 valence electrons. The highest BCUT2D eigenvalue weighted by atomic mass is 79.9. The van der Waals surface area contributed by atoms with Crippen molar-refractivity contribution in [3.8, 4) is 0 Å². The standard InChI is InChI=1S/C15H18BrNO3S/c1-8(2)14-17(12(7-21-14)15(19)20)13(18)10-5-4-9(3)6-11(10)16/h4-6,8,12,14H,7H2,1-3H3,(H,19,20). The number of thioether (sulfide) groups is 1. The Labute approximate surface area is 137 Å². The summed E-state index contributed by atoms with van der Waals surface area (Å²) >= 11 is 4.94. The molecule has 1 aliphatic heterocycles. The van der Waals surface area contributed by atoms with E-state index in [2.05, 4.69) is 15.9 Å². The zero-order valence-electron chi connectivity index (χ0n) is 12.2. The minimum absolute atomic E-state index is 0.105. The first kappa shape index (κ1) is 16.4. The quantitative estimate of drug-likeness (QED) is 0.884. The first-order valence-electron chi connectivity index (χ1n) is 6.76. The summed E-state index contributed by atoms with van der Waals surface area (Å²) in [6.07, 6.45) is 0. The van der Waals surface area contributed by atoms with Gasteiger partial charge in [-0.3, -0.25) is 4.79 Å². The van der Waals surface area contributed by atoms with Gasteiger partial charge >= 0.3 is 5.97 Å². The zero-order valence-corrected chi connectivity index (χ0v) is 14.6. The molecule has 1 aromatic rings. The van der Waals surface area contributed by atoms with Gasteiger partial charge in [-0.25, -0.2) is 4.79 Å². The van der Waals surface area contributed by atoms with Crippen LogP contribution in [0.4, 0.5) is 0 Å². The minimum atomic E-state index is -0.942. The fourth-order valence-corrected chi connectivity index (χ4v) is 4.56. The molecule has 1 aromatic carbocycles. The van der Waals surface area contributed by atoms with Crippen molar-refractivity contribution in [2.24, 2.45) is 5.92 Å². The van der Waals surface area contributed by atoms with E-state index in [1.54, 1.807) is 6.07 Å². The summed E-state index contributed by atoms with van der Waals surface area (Å²) in [7, 11) is 0. The van der Waals surface area contributed by atoms with Crippen LogP contribution in [0.5, 0.6) is 0 Å². The van der Waals surface area contributed by atoms with Crippen molar-refractivity contribution in [3.05, 3.63) is 33.8 Å². The first-order chi connectivity index (χ1) is 9.82. The van der Waals surface area contributed by atoms with E-state index in [9.17, 15) is 14.7 Å². The molecule has 1 fully saturated rings. The molecule has 0 saturated carbocycles. The average Bonchev–Trinajstić information content (AvgIpc) is 2.82. The Hall–Kier alpha value is -1.01. The summed E-state index contributed by atoms with van der Waals surface area (Å²) in [6.45, 7) is 5.96. The predicted octanol–water partition coefficient (Wildman–Crippen LogP) is 3.38. The average molecular weight is 372 g/mol. The highest BCUT2D eigenvalue weighted by Gasteiger charge is 2.43. The summed E-state index contributed by atoms with van der Waals surface area (Å²) in [5.41, 5.74) is 1.56. The Morgan fingerprint density at radius 3 is 2.62 bits per heavy atom. The van der Waals surface area contributed by atoms with Gasteiger partial charge in [-0.2, -0.15) is 0 Å². The molecule has 21 heavy (non-hydrogen) atoms. The maximum atomic E-state index is 12.8. The summed E-state index contributed by atoms with van der Waals surface area (Å²) in [5, 5.41) is 9.27. The van der Waals surface area contributed by atoms with E-state index in [1.807, 2.05) is 32.9 Å². The van der Waals surface area contributed by atoms with E-state index in [0.717, 1.165) is 5.56 Å². The smallest absolute Gasteiger partial charge is 0.327 e. The van der Waals surface area contributed by atoms with Crippen molar-refractivity contribution in [1.29, 1.82) is 0 Å². The second-order valence-electron chi connectivity index (χ2n) is 5.52. The number of benzene rings is 1. The molecule has 1 N–H and O–H groups in total. The number of amides is 1. The molecule has 0 bridgehead atoms. The fraction of sp³-hybridized carbons (Fsp3) is 0.467. The van der Waals surface area contributed by atoms with Crippen LogP contribution in [0.3, 0.4) is 0 Å². The number of nitrogens with zero attached hydrogens (tertiary/aromatic N) is 1. The molecule has 1 heterocycles. The SMILES string of the molecule is Cc1ccc(C(=O)N2C(C(=O)O)CSC2C(C)C)c(Br)c1. The number of carboxylic acid groups (broad SMARTS) is 1. The molecule has 2 unspecified atom stereocenters. The van der Waals surface area contributed by atoms with E-state index < -0.39 is 12.0 Å². The van der Waals surface area contributed by atoms with Crippen LogP contribution in [0.15, 0.2) is 22.7 Å². The Morgan fingerprint density at radius 1 is 1.43 bits per heavy atom. The molecule has 1 aliphatic rings. The number of carboxylic acids is 1. The van der Waals surface area contributed by atoms with Gasteiger partial charge in [-0.1, -0.05) is 19.9 Å². The van der Waals surface area contributed by atoms with Gasteiger partial charge < -0.3 is 10.0 Å². The van der Waals surface area contributed by atoms with Gasteiger partial charge in [-0.15, -0.1) is 11.8 Å². The van der Waals surface area contributed by atoms with Gasteiger partial charge in [0.2, 0.25) is 0 Å². The van der Waals surface area contributed by atoms with E-state index in [1.165, 1.54) is 16.7 Å². The number of carbonyl (C=O) groups excluding carboxylic acids is 1. The first-order valence-corrected chi connectivity index (χ1v) is 8.60. The molecule has 6 heteroatoms. The maximum absolute atomic E-state index is 12.8. The Morgan fingerprint density at radius 2 is 2.10 bits per heavy atom. The third-order valence-corrected chi connectivity index (χ3v) is 5.76. The number of aliphatic carboxylic acids is 1. The molecule has 0 radical (unpaired) electrons. The van der Waals surface area contributed by atoms with Crippen LogP contribution in [0.1, 0.15) is 29.8 Å². The lowest BCUT2D eigenvalue weighted by Crippen LogP contribution is -2.47. The monoisotopic (exact) mass is 371 g/mol. The second kappa shape index (κ2) is 6.40. The van der Waals surface area contributed by atoms with Crippen LogP contribution in [-0.2, 0) is 4.79 Å². The summed E-state index contributed by atoms with van der Waals surface area (Å²) < 4.78 is 0.705. The van der Waals surface area contributed by atoms with Gasteiger partial charge in [0.05, 0.1) is 10.9 Å². The topological polar surface area (TPSA) is 57.6 Å². The summed E-state index contributed by atoms with van der Waals surface area (Å²) in [4.78, 5) is 25.8. The van der Waals surface area contributed by atoms with Crippen molar-refractivity contribution in [3.63, 3.8) is 0 Å². The fourth-order valence-electron chi connectivity index (χ4n) is 2.42. The Kier molecular flexibility index (Phi) is 4.99. The van der Waals surface area contributed by atoms with Gasteiger partial charge in [0.15, 0.2) is 0 Å². The number of carbonyl (C=O) groups is 2. The van der Waals surface area contributed by atoms with E-state index in [0.29, 0.717) is 15.8 Å². The molecule has 0 aromatic heterocycles. The number of hydrogen-bond acceptors (Lipinski definition) is 3. The van der Waals surface area contributed by atoms with Crippen molar-refractivity contribution in [2.75, 3.05) is 5.75 Å². The van der Waals surface area contributed by atoms with Crippen LogP contribution in [0.2, 0.25) is 0 Å². The normalized spacial score (nSPS) is 21.9. The van der Waals surface area contributed by atoms with Crippen molar-refractivity contribution < 1.29 is 14.7 Å². The molecule has 0 aliphatic carbocycles. The predicted molar refractivity (Wildman–Crippen MR) is 87.6 cm³/mol. The molecule has 2 rings (SSSR count). The Bertz CT molecular complexity index is 576. The lowest BCUT2D eigenvalue weighted by molar-refractivity contribution is -0.141. The number of halogens is 1. The Balaban J connectivity index is 2.39. The lowest BCUT2D eigenvalue weighted by Gasteiger charge is -2.30. The molecule has 1 saturated heterocycles. The van der Waals surface area contributed by atoms with E-state index in [-0.39, 0.29) is 17.2 Å². The second-order valence-corrected chi connectivity index (χ2v) is 7.52. The summed E-state index contributed by atoms with van der Waals surface area (Å²) in [5.74, 6) is -0.527. The highest BCUT2D eigenvalue weighted by molar-refractivity contribution is 9.10. The lowest BCUT2D eigenvalue weighted by atomic mass is 10.1. The van der Waals surface area contributed by atoms with Crippen molar-refractivity contribution in [2.45, 2.75) is 32.2 Å². The van der Waals surface area contributed by atoms with Gasteiger partial charge in [0.25, 0.3) is 5.91 Å². The molecule has 0 spiro atoms. The highest BCUT2D eigenvalue weighted by Crippen LogP contribution is 2.36. The number of aryl methyl sites for hydroxylation is 1. The van der Waals surface area contributed by atoms with Gasteiger partial charge in [0.1, 0.15) is 6.04 Å². The van der Waals surface area contributed by atoms with Gasteiger partial charge in [-0.05, 0) is 46.5 Å². The van der Waals surface area contributed by atoms with Crippen LogP contribution in [-0.4, -0.2) is 39.1 Å². The van der Waals surface area contributed by atoms with Crippen molar-refractivity contribution >= 4 is 39.6 Å². The number of rotatable bonds is 3. The molecular formula is C15H18BrNO3S. The third-order valence-electron chi connectivity index (χ3n) is 3.48. The number of hydrogen-bond donors (Lipinski definition) is 1. The molecular weight excluding hydrogens is 354 g/mol. The van der Waals surface area contributed by atoms with E-state index >= 15 is 0 Å². The van der Waals surface area contributed by atoms with Crippen LogP contribution < -0.4 is 0 Å². The third kappa shape index (κ3) is 3.26. The van der Waals surface area contributed by atoms with Gasteiger partial charge in [0, 0.05) is 10.2 Å². The molecule has 4 nitrogen and oxygen atoms in total. The van der Waals surface area contributed by atoms with E-state index in [4.69, 9.17) is 0 Å². The largest absolute Gasteiger partial charge is 0.480 e. The van der Waals surface area contributed by atoms with Crippen molar-refractivity contribution in [1.82, 2.24) is 4.90 Å². The van der Waals surface area contributed by atoms with Crippen LogP contribution in [0.25, 0.3) is 0 Å². The zero-order chi connectivity index (χ0) is 15.7. The maximum Gasteiger partial charge on any atom is 0.327 e. The minimum Gasteiger partial charge on any atom is -0.480 e. The van der Waals surface area contributed by atoms with Crippen LogP contribution >= 0.6 is 27.7 Å². The molecule has 1 amide bonds.